The molecule has 0 atom stereocenters. The van der Waals surface area contributed by atoms with Gasteiger partial charge in [0, 0.05) is 28.1 Å². The van der Waals surface area contributed by atoms with Crippen molar-refractivity contribution in [2.75, 3.05) is 26.0 Å². The molecule has 0 unspecified atom stereocenters. The number of likely N-dealkylation sites (N-methyl/N-ethyl adjacent to an activating group) is 1. The molecule has 0 aliphatic carbocycles. The Labute approximate surface area is 171 Å². The van der Waals surface area contributed by atoms with Gasteiger partial charge in [-0.25, -0.2) is 9.37 Å². The summed E-state index contributed by atoms with van der Waals surface area (Å²) in [6, 6.07) is 12.1. The Balaban J connectivity index is 1.58. The second-order valence-electron chi connectivity index (χ2n) is 6.19. The van der Waals surface area contributed by atoms with Crippen molar-refractivity contribution in [3.05, 3.63) is 64.2 Å². The van der Waals surface area contributed by atoms with Crippen LogP contribution in [0.5, 0.6) is 5.75 Å². The van der Waals surface area contributed by atoms with E-state index in [1.54, 1.807) is 31.2 Å². The molecule has 1 amide bonds. The summed E-state index contributed by atoms with van der Waals surface area (Å²) in [4.78, 5) is 18.4. The second-order valence-corrected chi connectivity index (χ2v) is 7.45. The first-order chi connectivity index (χ1) is 13.5. The van der Waals surface area contributed by atoms with Gasteiger partial charge in [-0.2, -0.15) is 0 Å². The van der Waals surface area contributed by atoms with Gasteiger partial charge in [-0.15, -0.1) is 11.3 Å². The minimum atomic E-state index is -0.385. The lowest BCUT2D eigenvalue weighted by molar-refractivity contribution is -0.117. The normalized spacial score (nSPS) is 10.9. The number of benzene rings is 2. The summed E-state index contributed by atoms with van der Waals surface area (Å²) in [7, 11) is 3.34. The molecule has 0 saturated heterocycles. The minimum Gasteiger partial charge on any atom is -0.497 e. The fraction of sp³-hybridized carbons (Fsp3) is 0.200. The quantitative estimate of drug-likeness (QED) is 0.604. The molecule has 0 bridgehead atoms. The van der Waals surface area contributed by atoms with Crippen molar-refractivity contribution in [3.8, 4) is 17.0 Å². The van der Waals surface area contributed by atoms with Gasteiger partial charge in [-0.05, 0) is 43.4 Å². The number of anilines is 1. The van der Waals surface area contributed by atoms with Gasteiger partial charge in [-0.1, -0.05) is 17.7 Å². The van der Waals surface area contributed by atoms with E-state index in [4.69, 9.17) is 16.3 Å². The Bertz CT molecular complexity index is 942. The maximum absolute atomic E-state index is 13.9. The van der Waals surface area contributed by atoms with Gasteiger partial charge in [0.25, 0.3) is 0 Å². The van der Waals surface area contributed by atoms with Crippen LogP contribution in [0.2, 0.25) is 5.02 Å². The van der Waals surface area contributed by atoms with Crippen molar-refractivity contribution < 1.29 is 13.9 Å². The maximum Gasteiger partial charge on any atom is 0.240 e. The molecule has 0 saturated carbocycles. The summed E-state index contributed by atoms with van der Waals surface area (Å²) in [5.74, 6) is 0.153. The van der Waals surface area contributed by atoms with Crippen LogP contribution in [-0.4, -0.2) is 36.5 Å². The summed E-state index contributed by atoms with van der Waals surface area (Å²) in [5, 5.41) is 5.50. The predicted molar refractivity (Wildman–Crippen MR) is 110 cm³/mol. The van der Waals surface area contributed by atoms with Crippen LogP contribution in [0.15, 0.2) is 47.8 Å². The summed E-state index contributed by atoms with van der Waals surface area (Å²) in [6.45, 7) is 0.315. The maximum atomic E-state index is 13.9. The third kappa shape index (κ3) is 5.07. The second kappa shape index (κ2) is 9.14. The van der Waals surface area contributed by atoms with E-state index in [9.17, 15) is 9.18 Å². The zero-order chi connectivity index (χ0) is 20.1. The Morgan fingerprint density at radius 3 is 2.71 bits per heavy atom. The highest BCUT2D eigenvalue weighted by atomic mass is 35.5. The van der Waals surface area contributed by atoms with Crippen LogP contribution in [0.3, 0.4) is 0 Å². The SMILES string of the molecule is COc1ccc(-c2csc(NC(=O)CN(C)Cc3c(F)cccc3Cl)n2)cc1. The van der Waals surface area contributed by atoms with Crippen molar-refractivity contribution in [2.24, 2.45) is 0 Å². The van der Waals surface area contributed by atoms with E-state index in [0.29, 0.717) is 15.7 Å². The van der Waals surface area contributed by atoms with Gasteiger partial charge in [-0.3, -0.25) is 9.69 Å². The highest BCUT2D eigenvalue weighted by molar-refractivity contribution is 7.14. The third-order valence-electron chi connectivity index (χ3n) is 4.04. The summed E-state index contributed by atoms with van der Waals surface area (Å²) in [6.07, 6.45) is 0. The van der Waals surface area contributed by atoms with Crippen LogP contribution >= 0.6 is 22.9 Å². The first kappa shape index (κ1) is 20.3. The van der Waals surface area contributed by atoms with Gasteiger partial charge < -0.3 is 10.1 Å². The van der Waals surface area contributed by atoms with E-state index in [0.717, 1.165) is 17.0 Å². The Morgan fingerprint density at radius 1 is 1.29 bits per heavy atom. The smallest absolute Gasteiger partial charge is 0.240 e. The molecule has 3 aromatic rings. The monoisotopic (exact) mass is 419 g/mol. The standard InChI is InChI=1S/C20H19ClFN3O2S/c1-25(10-15-16(21)4-3-5-17(15)22)11-19(26)24-20-23-18(12-28-20)13-6-8-14(27-2)9-7-13/h3-9,12H,10-11H2,1-2H3,(H,23,24,26). The lowest BCUT2D eigenvalue weighted by Gasteiger charge is -2.17. The van der Waals surface area contributed by atoms with E-state index in [2.05, 4.69) is 10.3 Å². The van der Waals surface area contributed by atoms with E-state index in [1.807, 2.05) is 29.6 Å². The number of hydrogen-bond donors (Lipinski definition) is 1. The molecule has 1 N–H and O–H groups in total. The van der Waals surface area contributed by atoms with E-state index >= 15 is 0 Å². The van der Waals surface area contributed by atoms with Gasteiger partial charge in [0.05, 0.1) is 19.3 Å². The molecule has 2 aromatic carbocycles. The first-order valence-corrected chi connectivity index (χ1v) is 9.73. The number of carbonyl (C=O) groups is 1. The van der Waals surface area contributed by atoms with Crippen LogP contribution in [-0.2, 0) is 11.3 Å². The highest BCUT2D eigenvalue weighted by Gasteiger charge is 2.14. The van der Waals surface area contributed by atoms with Crippen LogP contribution in [0.1, 0.15) is 5.56 Å². The molecular weight excluding hydrogens is 401 g/mol. The fourth-order valence-corrected chi connectivity index (χ4v) is 3.60. The number of halogens is 2. The van der Waals surface area contributed by atoms with Crippen LogP contribution in [0, 0.1) is 5.82 Å². The number of amides is 1. The third-order valence-corrected chi connectivity index (χ3v) is 5.15. The van der Waals surface area contributed by atoms with Gasteiger partial charge in [0.1, 0.15) is 11.6 Å². The number of aromatic nitrogens is 1. The molecule has 1 aromatic heterocycles. The molecular formula is C20H19ClFN3O2S. The summed E-state index contributed by atoms with van der Waals surface area (Å²) >= 11 is 7.38. The lowest BCUT2D eigenvalue weighted by atomic mass is 10.2. The molecule has 0 aliphatic rings. The fourth-order valence-electron chi connectivity index (χ4n) is 2.64. The summed E-state index contributed by atoms with van der Waals surface area (Å²) in [5.41, 5.74) is 2.08. The number of ether oxygens (including phenoxy) is 1. The number of thiazole rings is 1. The zero-order valence-corrected chi connectivity index (χ0v) is 17.0. The molecule has 146 valence electrons. The van der Waals surface area contributed by atoms with E-state index in [1.165, 1.54) is 17.4 Å². The van der Waals surface area contributed by atoms with Crippen molar-refractivity contribution in [1.82, 2.24) is 9.88 Å². The number of nitrogens with zero attached hydrogens (tertiary/aromatic N) is 2. The van der Waals surface area contributed by atoms with Crippen molar-refractivity contribution in [3.63, 3.8) is 0 Å². The van der Waals surface area contributed by atoms with Crippen molar-refractivity contribution in [1.29, 1.82) is 0 Å². The molecule has 0 radical (unpaired) electrons. The molecule has 8 heteroatoms. The minimum absolute atomic E-state index is 0.0854. The average molecular weight is 420 g/mol. The molecule has 0 fully saturated rings. The van der Waals surface area contributed by atoms with Crippen molar-refractivity contribution >= 4 is 34.0 Å². The first-order valence-electron chi connectivity index (χ1n) is 8.47. The molecule has 3 rings (SSSR count). The van der Waals surface area contributed by atoms with Crippen LogP contribution in [0.25, 0.3) is 11.3 Å². The van der Waals surface area contributed by atoms with Crippen LogP contribution in [0.4, 0.5) is 9.52 Å². The Morgan fingerprint density at radius 2 is 2.04 bits per heavy atom. The number of hydrogen-bond acceptors (Lipinski definition) is 5. The number of rotatable bonds is 7. The van der Waals surface area contributed by atoms with Crippen molar-refractivity contribution in [2.45, 2.75) is 6.54 Å². The molecule has 1 heterocycles. The van der Waals surface area contributed by atoms with Gasteiger partial charge in [0.2, 0.25) is 5.91 Å². The summed E-state index contributed by atoms with van der Waals surface area (Å²) < 4.78 is 19.0. The number of nitrogens with one attached hydrogen (secondary N) is 1. The largest absolute Gasteiger partial charge is 0.497 e. The number of methoxy groups -OCH3 is 1. The molecule has 5 nitrogen and oxygen atoms in total. The average Bonchev–Trinajstić information content (AvgIpc) is 3.13. The van der Waals surface area contributed by atoms with Gasteiger partial charge >= 0.3 is 0 Å². The van der Waals surface area contributed by atoms with Gasteiger partial charge in [0.15, 0.2) is 5.13 Å². The predicted octanol–water partition coefficient (Wildman–Crippen LogP) is 4.68. The van der Waals surface area contributed by atoms with E-state index < -0.39 is 0 Å². The lowest BCUT2D eigenvalue weighted by Crippen LogP contribution is -2.30. The van der Waals surface area contributed by atoms with E-state index in [-0.39, 0.29) is 24.8 Å². The molecule has 0 spiro atoms. The number of carbonyl (C=O) groups excluding carboxylic acids is 1. The molecule has 28 heavy (non-hydrogen) atoms. The topological polar surface area (TPSA) is 54.5 Å². The van der Waals surface area contributed by atoms with Crippen LogP contribution < -0.4 is 10.1 Å². The Hall–Kier alpha value is -2.48. The highest BCUT2D eigenvalue weighted by Crippen LogP contribution is 2.26. The molecule has 0 aliphatic heterocycles. The Kier molecular flexibility index (Phi) is 6.61. The zero-order valence-electron chi connectivity index (χ0n) is 15.4.